The van der Waals surface area contributed by atoms with Crippen molar-refractivity contribution in [1.29, 1.82) is 0 Å². The van der Waals surface area contributed by atoms with Crippen LogP contribution in [0.2, 0.25) is 0 Å². The molecule has 0 spiro atoms. The molecule has 1 aromatic carbocycles. The summed E-state index contributed by atoms with van der Waals surface area (Å²) in [6.07, 6.45) is 4.63. The molecule has 0 saturated heterocycles. The van der Waals surface area contributed by atoms with E-state index in [4.69, 9.17) is 0 Å². The van der Waals surface area contributed by atoms with E-state index >= 15 is 0 Å². The Morgan fingerprint density at radius 2 is 1.88 bits per heavy atom. The molecule has 2 aromatic rings. The summed E-state index contributed by atoms with van der Waals surface area (Å²) in [5.41, 5.74) is 1.90. The zero-order chi connectivity index (χ0) is 17.2. The van der Waals surface area contributed by atoms with E-state index in [-0.39, 0.29) is 5.91 Å². The van der Waals surface area contributed by atoms with Gasteiger partial charge < -0.3 is 10.6 Å². The maximum absolute atomic E-state index is 12.1. The van der Waals surface area contributed by atoms with Crippen molar-refractivity contribution in [2.45, 2.75) is 33.1 Å². The Morgan fingerprint density at radius 1 is 1.08 bits per heavy atom. The van der Waals surface area contributed by atoms with Crippen LogP contribution in [0.5, 0.6) is 0 Å². The van der Waals surface area contributed by atoms with E-state index in [0.717, 1.165) is 31.6 Å². The van der Waals surface area contributed by atoms with Crippen LogP contribution in [0.3, 0.4) is 0 Å². The number of rotatable bonds is 9. The Balaban J connectivity index is 1.70. The summed E-state index contributed by atoms with van der Waals surface area (Å²) >= 11 is 0. The highest BCUT2D eigenvalue weighted by molar-refractivity contribution is 5.94. The Labute approximate surface area is 144 Å². The van der Waals surface area contributed by atoms with Crippen molar-refractivity contribution in [2.75, 3.05) is 18.4 Å². The summed E-state index contributed by atoms with van der Waals surface area (Å²) in [5, 5.41) is 6.22. The summed E-state index contributed by atoms with van der Waals surface area (Å²) in [5.74, 6) is 1.42. The molecule has 24 heavy (non-hydrogen) atoms. The molecule has 0 aliphatic rings. The number of carbonyl (C=O) groups excluding carboxylic acids is 1. The van der Waals surface area contributed by atoms with Crippen molar-refractivity contribution in [3.05, 3.63) is 59.8 Å². The van der Waals surface area contributed by atoms with Gasteiger partial charge >= 0.3 is 0 Å². The lowest BCUT2D eigenvalue weighted by Crippen LogP contribution is -2.25. The quantitative estimate of drug-likeness (QED) is 0.688. The zero-order valence-electron chi connectivity index (χ0n) is 14.6. The number of nitrogens with zero attached hydrogens (tertiary/aromatic N) is 1. The van der Waals surface area contributed by atoms with Crippen molar-refractivity contribution in [3.8, 4) is 0 Å². The molecule has 0 radical (unpaired) electrons. The fourth-order valence-corrected chi connectivity index (χ4v) is 2.36. The lowest BCUT2D eigenvalue weighted by Gasteiger charge is -2.08. The number of aryl methyl sites for hydroxylation is 1. The summed E-state index contributed by atoms with van der Waals surface area (Å²) in [7, 11) is 0. The lowest BCUT2D eigenvalue weighted by molar-refractivity contribution is 0.0953. The molecule has 0 fully saturated rings. The fraction of sp³-hybridized carbons (Fsp3) is 0.400. The smallest absolute Gasteiger partial charge is 0.252 e. The Hall–Kier alpha value is -2.36. The van der Waals surface area contributed by atoms with E-state index in [1.807, 2.05) is 30.3 Å². The molecule has 0 aliphatic heterocycles. The van der Waals surface area contributed by atoms with E-state index in [1.54, 1.807) is 6.20 Å². The van der Waals surface area contributed by atoms with E-state index < -0.39 is 0 Å². The molecule has 0 saturated carbocycles. The third-order valence-corrected chi connectivity index (χ3v) is 3.82. The van der Waals surface area contributed by atoms with Crippen molar-refractivity contribution in [2.24, 2.45) is 5.92 Å². The fourth-order valence-electron chi connectivity index (χ4n) is 2.36. The zero-order valence-corrected chi connectivity index (χ0v) is 14.6. The van der Waals surface area contributed by atoms with Crippen LogP contribution in [-0.4, -0.2) is 24.0 Å². The molecule has 1 heterocycles. The second-order valence-electron chi connectivity index (χ2n) is 6.39. The minimum atomic E-state index is -0.0655. The molecule has 4 nitrogen and oxygen atoms in total. The van der Waals surface area contributed by atoms with Crippen LogP contribution in [0.4, 0.5) is 5.82 Å². The van der Waals surface area contributed by atoms with Crippen molar-refractivity contribution < 1.29 is 4.79 Å². The molecule has 0 aliphatic carbocycles. The first kappa shape index (κ1) is 18.0. The molecule has 2 N–H and O–H groups in total. The topological polar surface area (TPSA) is 54.0 Å². The van der Waals surface area contributed by atoms with Gasteiger partial charge in [-0.15, -0.1) is 0 Å². The standard InChI is InChI=1S/C20H27N3O/c1-16(2)12-14-21-19-11-10-18(15-23-19)20(24)22-13-6-9-17-7-4-3-5-8-17/h3-5,7-8,10-11,15-16H,6,9,12-14H2,1-2H3,(H,21,23)(H,22,24). The molecule has 2 rings (SSSR count). The van der Waals surface area contributed by atoms with Crippen LogP contribution < -0.4 is 10.6 Å². The van der Waals surface area contributed by atoms with Crippen molar-refractivity contribution >= 4 is 11.7 Å². The van der Waals surface area contributed by atoms with Crippen LogP contribution in [-0.2, 0) is 6.42 Å². The number of carbonyl (C=O) groups is 1. The van der Waals surface area contributed by atoms with Crippen LogP contribution in [0.15, 0.2) is 48.7 Å². The molecular formula is C20H27N3O. The molecule has 128 valence electrons. The van der Waals surface area contributed by atoms with Gasteiger partial charge in [-0.25, -0.2) is 4.98 Å². The molecule has 4 heteroatoms. The molecule has 0 atom stereocenters. The third-order valence-electron chi connectivity index (χ3n) is 3.82. The molecule has 0 unspecified atom stereocenters. The summed E-state index contributed by atoms with van der Waals surface area (Å²) in [6, 6.07) is 14.0. The summed E-state index contributed by atoms with van der Waals surface area (Å²) in [4.78, 5) is 16.4. The van der Waals surface area contributed by atoms with Gasteiger partial charge in [0.05, 0.1) is 5.56 Å². The van der Waals surface area contributed by atoms with Gasteiger partial charge in [0.15, 0.2) is 0 Å². The normalized spacial score (nSPS) is 10.6. The highest BCUT2D eigenvalue weighted by Crippen LogP contribution is 2.07. The Morgan fingerprint density at radius 3 is 2.54 bits per heavy atom. The average Bonchev–Trinajstić information content (AvgIpc) is 2.60. The van der Waals surface area contributed by atoms with Gasteiger partial charge in [0, 0.05) is 19.3 Å². The largest absolute Gasteiger partial charge is 0.370 e. The van der Waals surface area contributed by atoms with E-state index in [1.165, 1.54) is 5.56 Å². The third kappa shape index (κ3) is 6.41. The Bertz CT molecular complexity index is 609. The lowest BCUT2D eigenvalue weighted by atomic mass is 10.1. The molecular weight excluding hydrogens is 298 g/mol. The minimum absolute atomic E-state index is 0.0655. The van der Waals surface area contributed by atoms with Crippen LogP contribution in [0, 0.1) is 5.92 Å². The number of nitrogens with one attached hydrogen (secondary N) is 2. The Kier molecular flexibility index (Phi) is 7.27. The van der Waals surface area contributed by atoms with E-state index in [2.05, 4.69) is 41.6 Å². The molecule has 0 bridgehead atoms. The van der Waals surface area contributed by atoms with Gasteiger partial charge in [0.1, 0.15) is 5.82 Å². The number of amides is 1. The monoisotopic (exact) mass is 325 g/mol. The van der Waals surface area contributed by atoms with Crippen LogP contribution in [0.1, 0.15) is 42.6 Å². The number of pyridine rings is 1. The predicted molar refractivity (Wildman–Crippen MR) is 99.3 cm³/mol. The molecule has 1 aromatic heterocycles. The number of anilines is 1. The van der Waals surface area contributed by atoms with Crippen molar-refractivity contribution in [3.63, 3.8) is 0 Å². The van der Waals surface area contributed by atoms with Crippen LogP contribution >= 0.6 is 0 Å². The van der Waals surface area contributed by atoms with Crippen molar-refractivity contribution in [1.82, 2.24) is 10.3 Å². The van der Waals surface area contributed by atoms with Gasteiger partial charge in [-0.05, 0) is 42.9 Å². The maximum Gasteiger partial charge on any atom is 0.252 e. The predicted octanol–water partition coefficient (Wildman–Crippen LogP) is 3.90. The van der Waals surface area contributed by atoms with Gasteiger partial charge in [-0.3, -0.25) is 4.79 Å². The number of hydrogen-bond donors (Lipinski definition) is 2. The van der Waals surface area contributed by atoms with Crippen LogP contribution in [0.25, 0.3) is 0 Å². The first-order valence-corrected chi connectivity index (χ1v) is 8.67. The SMILES string of the molecule is CC(C)CCNc1ccc(C(=O)NCCCc2ccccc2)cn1. The summed E-state index contributed by atoms with van der Waals surface area (Å²) < 4.78 is 0. The first-order chi connectivity index (χ1) is 11.6. The second-order valence-corrected chi connectivity index (χ2v) is 6.39. The van der Waals surface area contributed by atoms with Gasteiger partial charge in [-0.1, -0.05) is 44.2 Å². The second kappa shape index (κ2) is 9.71. The highest BCUT2D eigenvalue weighted by atomic mass is 16.1. The maximum atomic E-state index is 12.1. The van der Waals surface area contributed by atoms with E-state index in [0.29, 0.717) is 18.0 Å². The minimum Gasteiger partial charge on any atom is -0.370 e. The molecule has 1 amide bonds. The number of benzene rings is 1. The van der Waals surface area contributed by atoms with Gasteiger partial charge in [0.2, 0.25) is 0 Å². The summed E-state index contributed by atoms with van der Waals surface area (Å²) in [6.45, 7) is 5.96. The van der Waals surface area contributed by atoms with E-state index in [9.17, 15) is 4.79 Å². The number of aromatic nitrogens is 1. The average molecular weight is 325 g/mol. The highest BCUT2D eigenvalue weighted by Gasteiger charge is 2.05. The first-order valence-electron chi connectivity index (χ1n) is 8.67. The van der Waals surface area contributed by atoms with Gasteiger partial charge in [-0.2, -0.15) is 0 Å². The van der Waals surface area contributed by atoms with Gasteiger partial charge in [0.25, 0.3) is 5.91 Å². The number of hydrogen-bond acceptors (Lipinski definition) is 3.